The van der Waals surface area contributed by atoms with Crippen molar-refractivity contribution in [1.82, 2.24) is 15.5 Å². The quantitative estimate of drug-likeness (QED) is 0.758. The largest absolute Gasteiger partial charge is 0.343 e. The average molecular weight is 253 g/mol. The van der Waals surface area contributed by atoms with Crippen molar-refractivity contribution in [2.24, 2.45) is 0 Å². The zero-order valence-corrected chi connectivity index (χ0v) is 11.4. The van der Waals surface area contributed by atoms with E-state index in [1.54, 1.807) is 14.0 Å². The second-order valence-electron chi connectivity index (χ2n) is 5.47. The fraction of sp³-hybridized carbons (Fsp3) is 0.846. The summed E-state index contributed by atoms with van der Waals surface area (Å²) >= 11 is 0. The van der Waals surface area contributed by atoms with Crippen molar-refractivity contribution >= 4 is 11.8 Å². The van der Waals surface area contributed by atoms with Gasteiger partial charge in [-0.3, -0.25) is 9.59 Å². The van der Waals surface area contributed by atoms with Crippen LogP contribution in [0.25, 0.3) is 0 Å². The molecule has 2 fully saturated rings. The van der Waals surface area contributed by atoms with Gasteiger partial charge in [-0.2, -0.15) is 0 Å². The van der Waals surface area contributed by atoms with Gasteiger partial charge >= 0.3 is 0 Å². The second kappa shape index (κ2) is 5.26. The summed E-state index contributed by atoms with van der Waals surface area (Å²) in [6.07, 6.45) is 3.98. The van der Waals surface area contributed by atoms with Crippen LogP contribution in [0.3, 0.4) is 0 Å². The molecule has 0 aromatic carbocycles. The predicted octanol–water partition coefficient (Wildman–Crippen LogP) is 0.252. The number of nitrogens with one attached hydrogen (secondary N) is 2. The number of likely N-dealkylation sites (N-methyl/N-ethyl adjacent to an activating group) is 1. The molecule has 5 nitrogen and oxygen atoms in total. The van der Waals surface area contributed by atoms with Gasteiger partial charge < -0.3 is 15.5 Å². The number of rotatable bonds is 3. The lowest BCUT2D eigenvalue weighted by atomic mass is 9.98. The number of amides is 2. The minimum absolute atomic E-state index is 0.0962. The molecule has 0 saturated carbocycles. The third-order valence-electron chi connectivity index (χ3n) is 4.27. The van der Waals surface area contributed by atoms with Crippen LogP contribution in [0.4, 0.5) is 0 Å². The van der Waals surface area contributed by atoms with Crippen molar-refractivity contribution < 1.29 is 9.59 Å². The first-order valence-electron chi connectivity index (χ1n) is 6.84. The molecule has 102 valence electrons. The topological polar surface area (TPSA) is 61.4 Å². The van der Waals surface area contributed by atoms with Crippen molar-refractivity contribution in [3.8, 4) is 0 Å². The molecule has 0 aromatic heterocycles. The van der Waals surface area contributed by atoms with Gasteiger partial charge in [0, 0.05) is 12.1 Å². The van der Waals surface area contributed by atoms with Crippen LogP contribution < -0.4 is 10.6 Å². The van der Waals surface area contributed by atoms with E-state index < -0.39 is 0 Å². The van der Waals surface area contributed by atoms with Crippen LogP contribution in [0.15, 0.2) is 0 Å². The van der Waals surface area contributed by atoms with E-state index in [1.165, 1.54) is 0 Å². The molecule has 2 heterocycles. The number of hydrogen-bond acceptors (Lipinski definition) is 3. The summed E-state index contributed by atoms with van der Waals surface area (Å²) in [6, 6.07) is 0.142. The summed E-state index contributed by atoms with van der Waals surface area (Å²) in [5.74, 6) is 0.00838. The van der Waals surface area contributed by atoms with Crippen LogP contribution in [-0.4, -0.2) is 47.9 Å². The molecule has 0 spiro atoms. The standard InChI is InChI=1S/C13H23N3O2/c1-8-4-5-10-6-7-11(13(18)16(8)10)15-12(17)9(2)14-3/h8-11,14H,4-7H2,1-3H3,(H,15,17)/t8-,9?,10-,11+/m1/s1. The summed E-state index contributed by atoms with van der Waals surface area (Å²) < 4.78 is 0. The summed E-state index contributed by atoms with van der Waals surface area (Å²) in [7, 11) is 1.74. The average Bonchev–Trinajstić information content (AvgIpc) is 2.74. The maximum Gasteiger partial charge on any atom is 0.245 e. The Balaban J connectivity index is 1.99. The highest BCUT2D eigenvalue weighted by Gasteiger charge is 2.42. The van der Waals surface area contributed by atoms with E-state index in [9.17, 15) is 9.59 Å². The Morgan fingerprint density at radius 3 is 2.67 bits per heavy atom. The molecule has 0 bridgehead atoms. The molecule has 2 amide bonds. The Labute approximate surface area is 108 Å². The molecule has 1 unspecified atom stereocenters. The summed E-state index contributed by atoms with van der Waals surface area (Å²) in [6.45, 7) is 3.89. The fourth-order valence-corrected chi connectivity index (χ4v) is 2.98. The summed E-state index contributed by atoms with van der Waals surface area (Å²) in [5.41, 5.74) is 0. The van der Waals surface area contributed by atoms with E-state index in [-0.39, 0.29) is 23.9 Å². The third-order valence-corrected chi connectivity index (χ3v) is 4.27. The van der Waals surface area contributed by atoms with Crippen molar-refractivity contribution in [2.45, 2.75) is 63.7 Å². The molecule has 2 saturated heterocycles. The molecule has 5 heteroatoms. The van der Waals surface area contributed by atoms with Crippen LogP contribution in [-0.2, 0) is 9.59 Å². The molecule has 4 atom stereocenters. The Morgan fingerprint density at radius 2 is 2.00 bits per heavy atom. The van der Waals surface area contributed by atoms with E-state index in [1.807, 2.05) is 4.90 Å². The van der Waals surface area contributed by atoms with Gasteiger partial charge in [-0.15, -0.1) is 0 Å². The number of hydrogen-bond donors (Lipinski definition) is 2. The number of nitrogens with zero attached hydrogens (tertiary/aromatic N) is 1. The minimum atomic E-state index is -0.329. The van der Waals surface area contributed by atoms with Gasteiger partial charge in [-0.1, -0.05) is 0 Å². The first-order valence-corrected chi connectivity index (χ1v) is 6.84. The SMILES string of the molecule is CNC(C)C(=O)N[C@H]1CC[C@H]2CC[C@@H](C)N2C1=O. The second-order valence-corrected chi connectivity index (χ2v) is 5.47. The maximum absolute atomic E-state index is 12.4. The lowest BCUT2D eigenvalue weighted by Gasteiger charge is -2.37. The van der Waals surface area contributed by atoms with Crippen molar-refractivity contribution in [3.05, 3.63) is 0 Å². The van der Waals surface area contributed by atoms with Crippen LogP contribution in [0.1, 0.15) is 39.5 Å². The fourth-order valence-electron chi connectivity index (χ4n) is 2.98. The molecule has 0 radical (unpaired) electrons. The highest BCUT2D eigenvalue weighted by molar-refractivity contribution is 5.90. The van der Waals surface area contributed by atoms with Crippen LogP contribution in [0.2, 0.25) is 0 Å². The minimum Gasteiger partial charge on any atom is -0.343 e. The molecule has 2 rings (SSSR count). The first-order chi connectivity index (χ1) is 8.54. The zero-order valence-electron chi connectivity index (χ0n) is 11.4. The van der Waals surface area contributed by atoms with Crippen LogP contribution in [0.5, 0.6) is 0 Å². The van der Waals surface area contributed by atoms with Crippen LogP contribution >= 0.6 is 0 Å². The normalized spacial score (nSPS) is 33.2. The molecule has 2 aliphatic heterocycles. The Morgan fingerprint density at radius 1 is 1.33 bits per heavy atom. The molecule has 0 aliphatic carbocycles. The van der Waals surface area contributed by atoms with E-state index in [0.29, 0.717) is 12.1 Å². The van der Waals surface area contributed by atoms with Crippen LogP contribution in [0, 0.1) is 0 Å². The van der Waals surface area contributed by atoms with Crippen molar-refractivity contribution in [2.75, 3.05) is 7.05 Å². The van der Waals surface area contributed by atoms with Gasteiger partial charge in [-0.25, -0.2) is 0 Å². The van der Waals surface area contributed by atoms with Crippen molar-refractivity contribution in [3.63, 3.8) is 0 Å². The molecular weight excluding hydrogens is 230 g/mol. The lowest BCUT2D eigenvalue weighted by Crippen LogP contribution is -2.57. The zero-order chi connectivity index (χ0) is 13.3. The van der Waals surface area contributed by atoms with Gasteiger partial charge in [0.15, 0.2) is 0 Å². The smallest absolute Gasteiger partial charge is 0.245 e. The van der Waals surface area contributed by atoms with Gasteiger partial charge in [0.1, 0.15) is 6.04 Å². The monoisotopic (exact) mass is 253 g/mol. The Bertz CT molecular complexity index is 345. The van der Waals surface area contributed by atoms with E-state index in [4.69, 9.17) is 0 Å². The first kappa shape index (κ1) is 13.3. The van der Waals surface area contributed by atoms with E-state index in [2.05, 4.69) is 17.6 Å². The van der Waals surface area contributed by atoms with Crippen molar-refractivity contribution in [1.29, 1.82) is 0 Å². The van der Waals surface area contributed by atoms with E-state index >= 15 is 0 Å². The molecule has 2 N–H and O–H groups in total. The van der Waals surface area contributed by atoms with Gasteiger partial charge in [0.2, 0.25) is 11.8 Å². The number of carbonyl (C=O) groups is 2. The Kier molecular flexibility index (Phi) is 3.90. The lowest BCUT2D eigenvalue weighted by molar-refractivity contribution is -0.142. The molecular formula is C13H23N3O2. The maximum atomic E-state index is 12.4. The van der Waals surface area contributed by atoms with Gasteiger partial charge in [-0.05, 0) is 46.6 Å². The highest BCUT2D eigenvalue weighted by Crippen LogP contribution is 2.32. The molecule has 18 heavy (non-hydrogen) atoms. The number of carbonyl (C=O) groups excluding carboxylic acids is 2. The predicted molar refractivity (Wildman–Crippen MR) is 69.0 cm³/mol. The highest BCUT2D eigenvalue weighted by atomic mass is 16.2. The van der Waals surface area contributed by atoms with Gasteiger partial charge in [0.05, 0.1) is 6.04 Å². The molecule has 0 aromatic rings. The third kappa shape index (κ3) is 2.36. The number of piperidine rings is 1. The van der Waals surface area contributed by atoms with Gasteiger partial charge in [0.25, 0.3) is 0 Å². The summed E-state index contributed by atoms with van der Waals surface area (Å²) in [5, 5.41) is 5.75. The van der Waals surface area contributed by atoms with E-state index in [0.717, 1.165) is 25.7 Å². The summed E-state index contributed by atoms with van der Waals surface area (Å²) in [4.78, 5) is 26.2. The number of fused-ring (bicyclic) bond motifs is 1. The molecule has 2 aliphatic rings. The Hall–Kier alpha value is -1.10.